The normalized spacial score (nSPS) is 10.9. The summed E-state index contributed by atoms with van der Waals surface area (Å²) >= 11 is 1.49. The van der Waals surface area contributed by atoms with Crippen LogP contribution in [-0.4, -0.2) is 15.5 Å². The summed E-state index contributed by atoms with van der Waals surface area (Å²) < 4.78 is 40.4. The number of hydrogen-bond acceptors (Lipinski definition) is 3. The monoisotopic (exact) mass is 287 g/mol. The summed E-state index contributed by atoms with van der Waals surface area (Å²) in [4.78, 5) is 0. The lowest BCUT2D eigenvalue weighted by Crippen LogP contribution is -2.04. The molecule has 1 aromatic carbocycles. The molecule has 0 spiro atoms. The molecule has 2 N–H and O–H groups in total. The first-order valence-corrected chi connectivity index (χ1v) is 6.64. The number of nitrogens with two attached hydrogens (primary N) is 1. The average molecular weight is 287 g/mol. The molecule has 0 fully saturated rings. The van der Waals surface area contributed by atoms with Crippen LogP contribution < -0.4 is 5.73 Å². The largest absolute Gasteiger partial charge is 0.384 e. The fourth-order valence-corrected chi connectivity index (χ4v) is 2.28. The van der Waals surface area contributed by atoms with Crippen molar-refractivity contribution in [1.82, 2.24) is 9.78 Å². The fourth-order valence-electron chi connectivity index (χ4n) is 1.52. The second-order valence-electron chi connectivity index (χ2n) is 3.89. The van der Waals surface area contributed by atoms with Gasteiger partial charge in [-0.1, -0.05) is 6.92 Å². The highest BCUT2D eigenvalue weighted by atomic mass is 32.2. The van der Waals surface area contributed by atoms with E-state index < -0.39 is 17.5 Å². The minimum Gasteiger partial charge on any atom is -0.384 e. The van der Waals surface area contributed by atoms with Crippen molar-refractivity contribution < 1.29 is 13.2 Å². The zero-order valence-corrected chi connectivity index (χ0v) is 11.0. The highest BCUT2D eigenvalue weighted by Gasteiger charge is 2.14. The average Bonchev–Trinajstić information content (AvgIpc) is 2.74. The van der Waals surface area contributed by atoms with Gasteiger partial charge in [0.25, 0.3) is 0 Å². The molecule has 0 amide bonds. The third-order valence-corrected chi connectivity index (χ3v) is 3.49. The molecule has 3 nitrogen and oxygen atoms in total. The topological polar surface area (TPSA) is 43.8 Å². The maximum absolute atomic E-state index is 13.2. The molecule has 2 rings (SSSR count). The fraction of sp³-hybridized carbons (Fsp3) is 0.250. The van der Waals surface area contributed by atoms with E-state index in [2.05, 4.69) is 5.10 Å². The first-order valence-electron chi connectivity index (χ1n) is 5.66. The number of nitrogen functional groups attached to an aromatic ring is 1. The zero-order valence-electron chi connectivity index (χ0n) is 10.2. The molecule has 0 bridgehead atoms. The van der Waals surface area contributed by atoms with Crippen molar-refractivity contribution in [3.63, 3.8) is 0 Å². The summed E-state index contributed by atoms with van der Waals surface area (Å²) in [7, 11) is 0. The first-order chi connectivity index (χ1) is 9.02. The Labute approximate surface area is 112 Å². The van der Waals surface area contributed by atoms with Crippen LogP contribution in [-0.2, 0) is 0 Å². The van der Waals surface area contributed by atoms with Gasteiger partial charge in [0.15, 0.2) is 17.5 Å². The van der Waals surface area contributed by atoms with Crippen molar-refractivity contribution in [2.45, 2.75) is 18.4 Å². The van der Waals surface area contributed by atoms with Crippen LogP contribution in [0, 0.1) is 17.5 Å². The molecular formula is C12H12F3N3S. The van der Waals surface area contributed by atoms with Gasteiger partial charge in [-0.15, -0.1) is 11.8 Å². The van der Waals surface area contributed by atoms with Crippen LogP contribution in [0.5, 0.6) is 0 Å². The predicted octanol–water partition coefficient (Wildman–Crippen LogP) is 3.37. The molecular weight excluding hydrogens is 275 g/mol. The highest BCUT2D eigenvalue weighted by Crippen LogP contribution is 2.24. The molecule has 7 heteroatoms. The summed E-state index contributed by atoms with van der Waals surface area (Å²) in [5, 5.41) is 4.79. The number of halogens is 3. The van der Waals surface area contributed by atoms with E-state index in [0.29, 0.717) is 5.03 Å². The van der Waals surface area contributed by atoms with Crippen molar-refractivity contribution in [3.05, 3.63) is 35.7 Å². The molecule has 19 heavy (non-hydrogen) atoms. The molecule has 0 aliphatic rings. The summed E-state index contributed by atoms with van der Waals surface area (Å²) in [5.74, 6) is -2.94. The van der Waals surface area contributed by atoms with Gasteiger partial charge < -0.3 is 5.73 Å². The van der Waals surface area contributed by atoms with Gasteiger partial charge in [0.2, 0.25) is 0 Å². The van der Waals surface area contributed by atoms with Gasteiger partial charge in [-0.2, -0.15) is 5.10 Å². The van der Waals surface area contributed by atoms with E-state index in [1.54, 1.807) is 6.07 Å². The predicted molar refractivity (Wildman–Crippen MR) is 68.9 cm³/mol. The Morgan fingerprint density at radius 3 is 2.42 bits per heavy atom. The number of hydrogen-bond donors (Lipinski definition) is 1. The van der Waals surface area contributed by atoms with Gasteiger partial charge in [-0.25, -0.2) is 17.9 Å². The van der Waals surface area contributed by atoms with Crippen LogP contribution >= 0.6 is 11.8 Å². The summed E-state index contributed by atoms with van der Waals surface area (Å²) in [6.45, 7) is 2.03. The molecule has 0 aliphatic carbocycles. The Hall–Kier alpha value is -1.63. The lowest BCUT2D eigenvalue weighted by molar-refractivity contribution is 0.446. The quantitative estimate of drug-likeness (QED) is 0.692. The Balaban J connectivity index is 2.39. The second-order valence-corrected chi connectivity index (χ2v) is 5.01. The second kappa shape index (κ2) is 5.56. The van der Waals surface area contributed by atoms with Crippen LogP contribution in [0.2, 0.25) is 0 Å². The summed E-state index contributed by atoms with van der Waals surface area (Å²) in [5.41, 5.74) is 5.78. The van der Waals surface area contributed by atoms with Crippen LogP contribution in [0.15, 0.2) is 23.2 Å². The van der Waals surface area contributed by atoms with Gasteiger partial charge >= 0.3 is 0 Å². The zero-order chi connectivity index (χ0) is 14.0. The maximum Gasteiger partial charge on any atom is 0.194 e. The van der Waals surface area contributed by atoms with E-state index in [9.17, 15) is 13.2 Å². The van der Waals surface area contributed by atoms with E-state index in [1.165, 1.54) is 16.4 Å². The number of nitrogens with zero attached hydrogens (tertiary/aromatic N) is 2. The number of aromatic nitrogens is 2. The third kappa shape index (κ3) is 2.86. The number of anilines is 1. The number of thioether (sulfide) groups is 1. The first kappa shape index (κ1) is 13.8. The molecule has 0 atom stereocenters. The van der Waals surface area contributed by atoms with Gasteiger partial charge in [-0.05, 0) is 12.2 Å². The molecule has 0 unspecified atom stereocenters. The van der Waals surface area contributed by atoms with Crippen molar-refractivity contribution in [2.75, 3.05) is 11.5 Å². The van der Waals surface area contributed by atoms with Crippen molar-refractivity contribution in [3.8, 4) is 5.69 Å². The Morgan fingerprint density at radius 2 is 1.84 bits per heavy atom. The van der Waals surface area contributed by atoms with E-state index in [1.807, 2.05) is 6.92 Å². The highest BCUT2D eigenvalue weighted by molar-refractivity contribution is 7.99. The molecule has 1 aromatic heterocycles. The van der Waals surface area contributed by atoms with Gasteiger partial charge in [0.05, 0.1) is 5.69 Å². The number of rotatable bonds is 4. The lowest BCUT2D eigenvalue weighted by Gasteiger charge is -2.05. The van der Waals surface area contributed by atoms with Gasteiger partial charge in [0, 0.05) is 18.2 Å². The standard InChI is InChI=1S/C12H12F3N3S/c1-2-3-19-11-6-10(16)18(17-11)7-4-8(13)12(15)9(14)5-7/h4-6H,2-3,16H2,1H3. The molecule has 102 valence electrons. The molecule has 0 radical (unpaired) electrons. The van der Waals surface area contributed by atoms with Crippen molar-refractivity contribution >= 4 is 17.6 Å². The molecule has 1 heterocycles. The van der Waals surface area contributed by atoms with Gasteiger partial charge in [-0.3, -0.25) is 0 Å². The third-order valence-electron chi connectivity index (χ3n) is 2.38. The Morgan fingerprint density at radius 1 is 1.21 bits per heavy atom. The van der Waals surface area contributed by atoms with Crippen LogP contribution in [0.4, 0.5) is 19.0 Å². The molecule has 0 saturated carbocycles. The molecule has 0 saturated heterocycles. The SMILES string of the molecule is CCCSc1cc(N)n(-c2cc(F)c(F)c(F)c2)n1. The van der Waals surface area contributed by atoms with Crippen molar-refractivity contribution in [1.29, 1.82) is 0 Å². The van der Waals surface area contributed by atoms with Crippen LogP contribution in [0.1, 0.15) is 13.3 Å². The molecule has 0 aliphatic heterocycles. The summed E-state index contributed by atoms with van der Waals surface area (Å²) in [6.07, 6.45) is 0.969. The van der Waals surface area contributed by atoms with E-state index >= 15 is 0 Å². The van der Waals surface area contributed by atoms with E-state index in [0.717, 1.165) is 24.3 Å². The lowest BCUT2D eigenvalue weighted by atomic mass is 10.3. The van der Waals surface area contributed by atoms with Gasteiger partial charge in [0.1, 0.15) is 10.8 Å². The van der Waals surface area contributed by atoms with E-state index in [-0.39, 0.29) is 11.5 Å². The van der Waals surface area contributed by atoms with Crippen molar-refractivity contribution in [2.24, 2.45) is 0 Å². The van der Waals surface area contributed by atoms with Crippen LogP contribution in [0.25, 0.3) is 5.69 Å². The number of benzene rings is 1. The minimum absolute atomic E-state index is 0.0530. The van der Waals surface area contributed by atoms with Crippen LogP contribution in [0.3, 0.4) is 0 Å². The molecule has 2 aromatic rings. The Kier molecular flexibility index (Phi) is 4.04. The minimum atomic E-state index is -1.50. The summed E-state index contributed by atoms with van der Waals surface area (Å²) in [6, 6.07) is 3.32. The smallest absolute Gasteiger partial charge is 0.194 e. The Bertz CT molecular complexity index is 575. The van der Waals surface area contributed by atoms with E-state index in [4.69, 9.17) is 5.73 Å². The maximum atomic E-state index is 13.2.